The van der Waals surface area contributed by atoms with Gasteiger partial charge < -0.3 is 15.5 Å². The zero-order valence-electron chi connectivity index (χ0n) is 14.0. The number of nitrogens with one attached hydrogen (secondary N) is 2. The Bertz CT molecular complexity index is 600. The van der Waals surface area contributed by atoms with Crippen molar-refractivity contribution < 1.29 is 0 Å². The van der Waals surface area contributed by atoms with Crippen LogP contribution in [0.25, 0.3) is 0 Å². The van der Waals surface area contributed by atoms with Crippen LogP contribution in [0, 0.1) is 5.92 Å². The molecular weight excluding hydrogens is 304 g/mol. The SMILES string of the molecule is CCNCc1csc(Nc2ccc(N3CCC(C)CC3)cc2)n1. The zero-order valence-corrected chi connectivity index (χ0v) is 14.8. The first-order chi connectivity index (χ1) is 11.2. The molecule has 2 aromatic rings. The van der Waals surface area contributed by atoms with Crippen molar-refractivity contribution in [2.75, 3.05) is 29.9 Å². The Morgan fingerprint density at radius 3 is 2.65 bits per heavy atom. The number of thiazole rings is 1. The molecule has 1 fully saturated rings. The van der Waals surface area contributed by atoms with Gasteiger partial charge in [0.05, 0.1) is 5.69 Å². The maximum Gasteiger partial charge on any atom is 0.187 e. The lowest BCUT2D eigenvalue weighted by Crippen LogP contribution is -2.32. The number of aromatic nitrogens is 1. The van der Waals surface area contributed by atoms with Gasteiger partial charge in [-0.2, -0.15) is 0 Å². The molecular formula is C18H26N4S. The van der Waals surface area contributed by atoms with Crippen molar-refractivity contribution >= 4 is 27.8 Å². The minimum atomic E-state index is 0.834. The fourth-order valence-electron chi connectivity index (χ4n) is 2.84. The molecule has 1 aromatic heterocycles. The Balaban J connectivity index is 1.58. The van der Waals surface area contributed by atoms with E-state index in [1.807, 2.05) is 0 Å². The first-order valence-corrected chi connectivity index (χ1v) is 9.39. The summed E-state index contributed by atoms with van der Waals surface area (Å²) in [5.41, 5.74) is 3.52. The second kappa shape index (κ2) is 7.79. The summed E-state index contributed by atoms with van der Waals surface area (Å²) in [5.74, 6) is 0.869. The van der Waals surface area contributed by atoms with E-state index in [1.165, 1.54) is 31.6 Å². The van der Waals surface area contributed by atoms with Crippen molar-refractivity contribution in [1.82, 2.24) is 10.3 Å². The fraction of sp³-hybridized carbons (Fsp3) is 0.500. The standard InChI is InChI=1S/C18H26N4S/c1-3-19-12-16-13-23-18(21-16)20-15-4-6-17(7-5-15)22-10-8-14(2)9-11-22/h4-7,13-14,19H,3,8-12H2,1-2H3,(H,20,21). The second-order valence-electron chi connectivity index (χ2n) is 6.27. The average Bonchev–Trinajstić information content (AvgIpc) is 3.02. The molecule has 0 aliphatic carbocycles. The summed E-state index contributed by atoms with van der Waals surface area (Å²) in [6, 6.07) is 8.73. The average molecular weight is 331 g/mol. The molecule has 0 unspecified atom stereocenters. The van der Waals surface area contributed by atoms with Gasteiger partial charge in [0.1, 0.15) is 0 Å². The number of hydrogen-bond donors (Lipinski definition) is 2. The molecule has 0 bridgehead atoms. The van der Waals surface area contributed by atoms with Gasteiger partial charge in [0.15, 0.2) is 5.13 Å². The molecule has 124 valence electrons. The lowest BCUT2D eigenvalue weighted by atomic mass is 9.99. The van der Waals surface area contributed by atoms with Gasteiger partial charge in [-0.3, -0.25) is 0 Å². The number of nitrogens with zero attached hydrogens (tertiary/aromatic N) is 2. The molecule has 0 saturated carbocycles. The van der Waals surface area contributed by atoms with Gasteiger partial charge in [-0.15, -0.1) is 11.3 Å². The molecule has 2 heterocycles. The Kier molecular flexibility index (Phi) is 5.51. The maximum atomic E-state index is 4.60. The quantitative estimate of drug-likeness (QED) is 0.831. The van der Waals surface area contributed by atoms with Crippen LogP contribution in [0.15, 0.2) is 29.6 Å². The molecule has 0 amide bonds. The highest BCUT2D eigenvalue weighted by molar-refractivity contribution is 7.13. The Morgan fingerprint density at radius 1 is 1.22 bits per heavy atom. The largest absolute Gasteiger partial charge is 0.372 e. The molecule has 5 heteroatoms. The van der Waals surface area contributed by atoms with Gasteiger partial charge in [0.25, 0.3) is 0 Å². The Hall–Kier alpha value is -1.59. The molecule has 4 nitrogen and oxygen atoms in total. The van der Waals surface area contributed by atoms with Crippen molar-refractivity contribution in [1.29, 1.82) is 0 Å². The highest BCUT2D eigenvalue weighted by Gasteiger charge is 2.15. The minimum absolute atomic E-state index is 0.834. The predicted octanol–water partition coefficient (Wildman–Crippen LogP) is 4.23. The smallest absolute Gasteiger partial charge is 0.187 e. The summed E-state index contributed by atoms with van der Waals surface area (Å²) >= 11 is 1.65. The van der Waals surface area contributed by atoms with Crippen molar-refractivity contribution in [3.05, 3.63) is 35.3 Å². The summed E-state index contributed by atoms with van der Waals surface area (Å²) in [7, 11) is 0. The van der Waals surface area contributed by atoms with E-state index < -0.39 is 0 Å². The Morgan fingerprint density at radius 2 is 1.96 bits per heavy atom. The highest BCUT2D eigenvalue weighted by atomic mass is 32.1. The van der Waals surface area contributed by atoms with Crippen molar-refractivity contribution in [3.63, 3.8) is 0 Å². The van der Waals surface area contributed by atoms with Crippen LogP contribution in [0.1, 0.15) is 32.4 Å². The van der Waals surface area contributed by atoms with Crippen LogP contribution >= 0.6 is 11.3 Å². The van der Waals surface area contributed by atoms with Gasteiger partial charge in [-0.1, -0.05) is 13.8 Å². The Labute approximate surface area is 142 Å². The molecule has 0 spiro atoms. The lowest BCUT2D eigenvalue weighted by Gasteiger charge is -2.32. The molecule has 1 aliphatic heterocycles. The maximum absolute atomic E-state index is 4.60. The van der Waals surface area contributed by atoms with E-state index in [1.54, 1.807) is 11.3 Å². The summed E-state index contributed by atoms with van der Waals surface area (Å²) in [6.07, 6.45) is 2.60. The molecule has 23 heavy (non-hydrogen) atoms. The van der Waals surface area contributed by atoms with E-state index in [-0.39, 0.29) is 0 Å². The van der Waals surface area contributed by atoms with E-state index in [9.17, 15) is 0 Å². The third-order valence-corrected chi connectivity index (χ3v) is 5.18. The topological polar surface area (TPSA) is 40.2 Å². The van der Waals surface area contributed by atoms with Gasteiger partial charge in [0.2, 0.25) is 0 Å². The first-order valence-electron chi connectivity index (χ1n) is 8.51. The van der Waals surface area contributed by atoms with E-state index in [0.29, 0.717) is 0 Å². The molecule has 3 rings (SSSR count). The highest BCUT2D eigenvalue weighted by Crippen LogP contribution is 2.26. The van der Waals surface area contributed by atoms with Crippen LogP contribution in [0.4, 0.5) is 16.5 Å². The van der Waals surface area contributed by atoms with Gasteiger partial charge >= 0.3 is 0 Å². The summed E-state index contributed by atoms with van der Waals surface area (Å²) in [5, 5.41) is 9.76. The van der Waals surface area contributed by atoms with E-state index in [4.69, 9.17) is 0 Å². The third-order valence-electron chi connectivity index (χ3n) is 4.38. The van der Waals surface area contributed by atoms with E-state index in [0.717, 1.165) is 35.5 Å². The number of hydrogen-bond acceptors (Lipinski definition) is 5. The van der Waals surface area contributed by atoms with E-state index in [2.05, 4.69) is 64.0 Å². The second-order valence-corrected chi connectivity index (χ2v) is 7.12. The van der Waals surface area contributed by atoms with E-state index >= 15 is 0 Å². The molecule has 1 aliphatic rings. The number of benzene rings is 1. The van der Waals surface area contributed by atoms with Crippen molar-refractivity contribution in [3.8, 4) is 0 Å². The number of piperidine rings is 1. The van der Waals surface area contributed by atoms with Crippen LogP contribution < -0.4 is 15.5 Å². The van der Waals surface area contributed by atoms with Crippen molar-refractivity contribution in [2.45, 2.75) is 33.2 Å². The molecule has 2 N–H and O–H groups in total. The van der Waals surface area contributed by atoms with Crippen LogP contribution in [-0.2, 0) is 6.54 Å². The molecule has 0 radical (unpaired) electrons. The monoisotopic (exact) mass is 330 g/mol. The molecule has 0 atom stereocenters. The van der Waals surface area contributed by atoms with Crippen LogP contribution in [0.5, 0.6) is 0 Å². The summed E-state index contributed by atoms with van der Waals surface area (Å²) in [4.78, 5) is 7.09. The van der Waals surface area contributed by atoms with Gasteiger partial charge in [0, 0.05) is 36.4 Å². The normalized spacial score (nSPS) is 15.8. The van der Waals surface area contributed by atoms with Crippen molar-refractivity contribution in [2.24, 2.45) is 5.92 Å². The summed E-state index contributed by atoms with van der Waals surface area (Å²) in [6.45, 7) is 8.61. The van der Waals surface area contributed by atoms with Crippen LogP contribution in [-0.4, -0.2) is 24.6 Å². The van der Waals surface area contributed by atoms with Crippen LogP contribution in [0.3, 0.4) is 0 Å². The van der Waals surface area contributed by atoms with Crippen LogP contribution in [0.2, 0.25) is 0 Å². The zero-order chi connectivity index (χ0) is 16.1. The molecule has 1 aromatic carbocycles. The minimum Gasteiger partial charge on any atom is -0.372 e. The predicted molar refractivity (Wildman–Crippen MR) is 99.8 cm³/mol. The fourth-order valence-corrected chi connectivity index (χ4v) is 3.57. The third kappa shape index (κ3) is 4.45. The first kappa shape index (κ1) is 16.3. The van der Waals surface area contributed by atoms with Gasteiger partial charge in [-0.25, -0.2) is 4.98 Å². The number of rotatable bonds is 6. The summed E-state index contributed by atoms with van der Waals surface area (Å²) < 4.78 is 0. The number of anilines is 3. The van der Waals surface area contributed by atoms with Gasteiger partial charge in [-0.05, 0) is 49.6 Å². The molecule has 1 saturated heterocycles. The lowest BCUT2D eigenvalue weighted by molar-refractivity contribution is 0.438.